The van der Waals surface area contributed by atoms with Crippen molar-refractivity contribution < 1.29 is 4.79 Å². The Bertz CT molecular complexity index is 761. The number of rotatable bonds is 4. The van der Waals surface area contributed by atoms with Crippen molar-refractivity contribution in [1.82, 2.24) is 24.6 Å². The van der Waals surface area contributed by atoms with E-state index in [2.05, 4.69) is 21.1 Å². The van der Waals surface area contributed by atoms with Crippen molar-refractivity contribution in [2.75, 3.05) is 25.5 Å². The number of aryl methyl sites for hydroxylation is 1. The molecule has 0 aromatic carbocycles. The molecule has 8 nitrogen and oxygen atoms in total. The Morgan fingerprint density at radius 1 is 1.48 bits per heavy atom. The highest BCUT2D eigenvalue weighted by Crippen LogP contribution is 2.30. The largest absolute Gasteiger partial charge is 0.347 e. The molecular weight excluding hydrogens is 294 g/mol. The predicted octanol–water partition coefficient (Wildman–Crippen LogP) is 0.797. The summed E-state index contributed by atoms with van der Waals surface area (Å²) in [5, 5.41) is 13.9. The van der Waals surface area contributed by atoms with Crippen LogP contribution in [0.15, 0.2) is 12.5 Å². The zero-order valence-electron chi connectivity index (χ0n) is 13.3. The molecule has 0 saturated carbocycles. The normalized spacial score (nSPS) is 17.4. The number of nitriles is 1. The van der Waals surface area contributed by atoms with Crippen molar-refractivity contribution in [3.63, 3.8) is 0 Å². The first-order valence-corrected chi connectivity index (χ1v) is 7.64. The van der Waals surface area contributed by atoms with Gasteiger partial charge in [-0.1, -0.05) is 0 Å². The van der Waals surface area contributed by atoms with Gasteiger partial charge in [0.2, 0.25) is 5.91 Å². The number of fused-ring (bicyclic) bond motifs is 1. The monoisotopic (exact) mass is 313 g/mol. The van der Waals surface area contributed by atoms with Gasteiger partial charge in [0.25, 0.3) is 0 Å². The molecule has 1 aliphatic rings. The van der Waals surface area contributed by atoms with Crippen molar-refractivity contribution in [1.29, 1.82) is 5.26 Å². The lowest BCUT2D eigenvalue weighted by molar-refractivity contribution is -0.129. The summed E-state index contributed by atoms with van der Waals surface area (Å²) in [5.41, 5.74) is 0.702. The second-order valence-electron chi connectivity index (χ2n) is 5.79. The molecule has 23 heavy (non-hydrogen) atoms. The van der Waals surface area contributed by atoms with Crippen molar-refractivity contribution in [3.8, 4) is 6.07 Å². The minimum atomic E-state index is -0.189. The number of carbonyl (C=O) groups is 1. The standard InChI is InChI=1S/C15H19N7O/c1-20(2)15(23)12-5-3-7-21(12)13-11-9-19-22(8-4-6-16)14(11)18-10-17-13/h9-10,12H,3-5,7-8H2,1-2H3. The van der Waals surface area contributed by atoms with Gasteiger partial charge < -0.3 is 9.80 Å². The van der Waals surface area contributed by atoms with Gasteiger partial charge in [-0.3, -0.25) is 4.79 Å². The predicted molar refractivity (Wildman–Crippen MR) is 84.6 cm³/mol. The second kappa shape index (κ2) is 6.20. The van der Waals surface area contributed by atoms with Gasteiger partial charge in [-0.2, -0.15) is 10.4 Å². The number of nitrogens with zero attached hydrogens (tertiary/aromatic N) is 7. The molecule has 2 aromatic heterocycles. The Kier molecular flexibility index (Phi) is 4.10. The second-order valence-corrected chi connectivity index (χ2v) is 5.79. The topological polar surface area (TPSA) is 90.9 Å². The van der Waals surface area contributed by atoms with Crippen molar-refractivity contribution >= 4 is 22.8 Å². The van der Waals surface area contributed by atoms with E-state index in [1.807, 2.05) is 4.90 Å². The summed E-state index contributed by atoms with van der Waals surface area (Å²) in [6, 6.07) is 1.92. The lowest BCUT2D eigenvalue weighted by Crippen LogP contribution is -2.43. The molecular formula is C15H19N7O. The smallest absolute Gasteiger partial charge is 0.244 e. The van der Waals surface area contributed by atoms with Crippen LogP contribution in [0.1, 0.15) is 19.3 Å². The van der Waals surface area contributed by atoms with Crippen LogP contribution < -0.4 is 4.90 Å². The first-order chi connectivity index (χ1) is 11.1. The van der Waals surface area contributed by atoms with Crippen molar-refractivity contribution in [3.05, 3.63) is 12.5 Å². The SMILES string of the molecule is CN(C)C(=O)C1CCCN1c1ncnc2c1cnn2CCC#N. The summed E-state index contributed by atoms with van der Waals surface area (Å²) in [6.45, 7) is 1.29. The molecule has 1 saturated heterocycles. The van der Waals surface area contributed by atoms with Crippen LogP contribution in [0.2, 0.25) is 0 Å². The van der Waals surface area contributed by atoms with Gasteiger partial charge in [0.1, 0.15) is 18.2 Å². The van der Waals surface area contributed by atoms with E-state index in [9.17, 15) is 4.79 Å². The molecule has 1 aliphatic heterocycles. The number of aromatic nitrogens is 4. The molecule has 3 heterocycles. The summed E-state index contributed by atoms with van der Waals surface area (Å²) >= 11 is 0. The zero-order chi connectivity index (χ0) is 16.4. The number of amides is 1. The van der Waals surface area contributed by atoms with E-state index in [-0.39, 0.29) is 11.9 Å². The Labute approximate surface area is 134 Å². The summed E-state index contributed by atoms with van der Waals surface area (Å²) in [6.07, 6.45) is 5.38. The number of hydrogen-bond acceptors (Lipinski definition) is 6. The van der Waals surface area contributed by atoms with E-state index < -0.39 is 0 Å². The average molecular weight is 313 g/mol. The summed E-state index contributed by atoms with van der Waals surface area (Å²) < 4.78 is 1.71. The Morgan fingerprint density at radius 3 is 3.04 bits per heavy atom. The van der Waals surface area contributed by atoms with Crippen LogP contribution >= 0.6 is 0 Å². The van der Waals surface area contributed by atoms with Crippen molar-refractivity contribution in [2.45, 2.75) is 31.8 Å². The maximum absolute atomic E-state index is 12.4. The first-order valence-electron chi connectivity index (χ1n) is 7.64. The van der Waals surface area contributed by atoms with E-state index in [0.717, 1.165) is 30.6 Å². The highest BCUT2D eigenvalue weighted by molar-refractivity contribution is 5.91. The number of likely N-dealkylation sites (N-methyl/N-ethyl adjacent to an activating group) is 1. The Morgan fingerprint density at radius 2 is 2.30 bits per heavy atom. The molecule has 0 spiro atoms. The number of anilines is 1. The average Bonchev–Trinajstić information content (AvgIpc) is 3.18. The van der Waals surface area contributed by atoms with Crippen LogP contribution in [0, 0.1) is 11.3 Å². The molecule has 8 heteroatoms. The highest BCUT2D eigenvalue weighted by atomic mass is 16.2. The Hall–Kier alpha value is -2.69. The van der Waals surface area contributed by atoms with E-state index in [0.29, 0.717) is 18.6 Å². The van der Waals surface area contributed by atoms with Crippen LogP contribution in [0.4, 0.5) is 5.82 Å². The molecule has 0 N–H and O–H groups in total. The summed E-state index contributed by atoms with van der Waals surface area (Å²) in [4.78, 5) is 24.8. The lowest BCUT2D eigenvalue weighted by Gasteiger charge is -2.27. The molecule has 3 rings (SSSR count). The van der Waals surface area contributed by atoms with Gasteiger partial charge in [-0.25, -0.2) is 14.6 Å². The van der Waals surface area contributed by atoms with Crippen molar-refractivity contribution in [2.24, 2.45) is 0 Å². The van der Waals surface area contributed by atoms with E-state index in [4.69, 9.17) is 5.26 Å². The molecule has 0 radical (unpaired) electrons. The van der Waals surface area contributed by atoms with Gasteiger partial charge in [0, 0.05) is 20.6 Å². The fourth-order valence-corrected chi connectivity index (χ4v) is 3.00. The third-order valence-electron chi connectivity index (χ3n) is 4.10. The maximum Gasteiger partial charge on any atom is 0.244 e. The molecule has 1 amide bonds. The van der Waals surface area contributed by atoms with Crippen LogP contribution in [0.5, 0.6) is 0 Å². The number of hydrogen-bond donors (Lipinski definition) is 0. The Balaban J connectivity index is 1.98. The van der Waals surface area contributed by atoms with Crippen LogP contribution in [0.3, 0.4) is 0 Å². The summed E-state index contributed by atoms with van der Waals surface area (Å²) in [5.74, 6) is 0.835. The van der Waals surface area contributed by atoms with Gasteiger partial charge >= 0.3 is 0 Å². The van der Waals surface area contributed by atoms with Crippen LogP contribution in [-0.2, 0) is 11.3 Å². The fourth-order valence-electron chi connectivity index (χ4n) is 3.00. The third-order valence-corrected chi connectivity index (χ3v) is 4.10. The maximum atomic E-state index is 12.4. The molecule has 0 aliphatic carbocycles. The fraction of sp³-hybridized carbons (Fsp3) is 0.533. The first kappa shape index (κ1) is 15.2. The van der Waals surface area contributed by atoms with Gasteiger partial charge in [-0.05, 0) is 12.8 Å². The summed E-state index contributed by atoms with van der Waals surface area (Å²) in [7, 11) is 3.54. The van der Waals surface area contributed by atoms with E-state index >= 15 is 0 Å². The minimum Gasteiger partial charge on any atom is -0.347 e. The molecule has 1 fully saturated rings. The third kappa shape index (κ3) is 2.70. The molecule has 1 unspecified atom stereocenters. The number of carbonyl (C=O) groups excluding carboxylic acids is 1. The van der Waals surface area contributed by atoms with Crippen LogP contribution in [0.25, 0.3) is 11.0 Å². The quantitative estimate of drug-likeness (QED) is 0.829. The molecule has 2 aromatic rings. The lowest BCUT2D eigenvalue weighted by atomic mass is 10.2. The zero-order valence-corrected chi connectivity index (χ0v) is 13.3. The van der Waals surface area contributed by atoms with Gasteiger partial charge in [0.05, 0.1) is 30.6 Å². The highest BCUT2D eigenvalue weighted by Gasteiger charge is 2.33. The van der Waals surface area contributed by atoms with E-state index in [1.165, 1.54) is 6.33 Å². The minimum absolute atomic E-state index is 0.0890. The van der Waals surface area contributed by atoms with E-state index in [1.54, 1.807) is 29.9 Å². The van der Waals surface area contributed by atoms with Gasteiger partial charge in [0.15, 0.2) is 5.65 Å². The molecule has 1 atom stereocenters. The molecule has 120 valence electrons. The molecule has 0 bridgehead atoms. The van der Waals surface area contributed by atoms with Gasteiger partial charge in [-0.15, -0.1) is 0 Å². The van der Waals surface area contributed by atoms with Crippen LogP contribution in [-0.4, -0.2) is 57.2 Å².